The van der Waals surface area contributed by atoms with Gasteiger partial charge in [-0.25, -0.2) is 20.4 Å². The number of hydrogen-bond donors (Lipinski definition) is 2. The molecule has 0 heterocycles. The summed E-state index contributed by atoms with van der Waals surface area (Å²) < 4.78 is 0. The fourth-order valence-electron chi connectivity index (χ4n) is 0. The van der Waals surface area contributed by atoms with Gasteiger partial charge in [0.05, 0.1) is 0 Å². The van der Waals surface area contributed by atoms with Crippen LogP contribution in [0.5, 0.6) is 0 Å². The Balaban J connectivity index is -0.0000000139. The van der Waals surface area contributed by atoms with Crippen molar-refractivity contribution < 1.29 is 9.59 Å². The molecule has 4 nitrogen and oxygen atoms in total. The van der Waals surface area contributed by atoms with E-state index in [4.69, 9.17) is 20.4 Å². The lowest BCUT2D eigenvalue weighted by Gasteiger charge is -1.02. The number of rotatable bonds is 0. The first kappa shape index (κ1) is 41.2. The topological polar surface area (TPSA) is 81.8 Å². The van der Waals surface area contributed by atoms with Gasteiger partial charge in [0.2, 0.25) is 12.2 Å². The molecule has 0 spiro atoms. The molecule has 0 saturated carbocycles. The first-order valence-electron chi connectivity index (χ1n) is 2.91. The van der Waals surface area contributed by atoms with E-state index in [1.165, 1.54) is 0 Å². The molecular formula is C10H18N2O2. The zero-order valence-corrected chi connectivity index (χ0v) is 8.47. The molecule has 0 rings (SSSR count). The Morgan fingerprint density at radius 2 is 0.571 bits per heavy atom. The summed E-state index contributed by atoms with van der Waals surface area (Å²) in [6, 6.07) is 0. The molecular weight excluding hydrogens is 180 g/mol. The van der Waals surface area contributed by atoms with Gasteiger partial charge in [-0.3, -0.25) is 0 Å². The van der Waals surface area contributed by atoms with E-state index in [0.717, 1.165) is 12.2 Å². The predicted molar refractivity (Wildman–Crippen MR) is 61.8 cm³/mol. The molecule has 0 aliphatic carbocycles. The van der Waals surface area contributed by atoms with Gasteiger partial charge >= 0.3 is 0 Å². The standard InChI is InChI=1S/4C2H4.2CHNO/c4*1-2;2*2-1-3/h4*1-2H2;2*2H. The maximum atomic E-state index is 8.35. The maximum Gasteiger partial charge on any atom is 0.231 e. The SMILES string of the molecule is C=C.C=C.C=C.C=C.N=C=O.N=C=O. The van der Waals surface area contributed by atoms with Crippen molar-refractivity contribution in [2.45, 2.75) is 0 Å². The summed E-state index contributed by atoms with van der Waals surface area (Å²) in [4.78, 5) is 16.7. The van der Waals surface area contributed by atoms with E-state index in [2.05, 4.69) is 52.6 Å². The highest BCUT2D eigenvalue weighted by molar-refractivity contribution is 5.26. The second kappa shape index (κ2) is 12900. The zero-order valence-electron chi connectivity index (χ0n) is 8.47. The van der Waals surface area contributed by atoms with E-state index in [9.17, 15) is 0 Å². The Hall–Kier alpha value is -2.28. The van der Waals surface area contributed by atoms with Gasteiger partial charge in [0.1, 0.15) is 0 Å². The Labute approximate surface area is 86.0 Å². The number of carbonyl (C=O) groups excluding carboxylic acids is 2. The van der Waals surface area contributed by atoms with E-state index < -0.39 is 0 Å². The van der Waals surface area contributed by atoms with Crippen molar-refractivity contribution in [3.63, 3.8) is 0 Å². The first-order chi connectivity index (χ1) is 6.83. The molecule has 80 valence electrons. The van der Waals surface area contributed by atoms with Crippen molar-refractivity contribution in [1.29, 1.82) is 10.8 Å². The van der Waals surface area contributed by atoms with Crippen molar-refractivity contribution in [3.8, 4) is 0 Å². The molecule has 0 aliphatic heterocycles. The second-order valence-electron chi connectivity index (χ2n) is 0.204. The van der Waals surface area contributed by atoms with Crippen molar-refractivity contribution in [1.82, 2.24) is 0 Å². The summed E-state index contributed by atoms with van der Waals surface area (Å²) in [6.07, 6.45) is 1.50. The summed E-state index contributed by atoms with van der Waals surface area (Å²) in [7, 11) is 0. The molecule has 2 N–H and O–H groups in total. The van der Waals surface area contributed by atoms with Gasteiger partial charge in [-0.15, -0.1) is 52.6 Å². The van der Waals surface area contributed by atoms with Crippen LogP contribution in [-0.2, 0) is 9.59 Å². The second-order valence-corrected chi connectivity index (χ2v) is 0.204. The number of nitrogens with one attached hydrogen (secondary N) is 2. The molecule has 0 aromatic heterocycles. The molecule has 0 aromatic carbocycles. The van der Waals surface area contributed by atoms with Gasteiger partial charge in [-0.05, 0) is 0 Å². The Bertz CT molecular complexity index is 104. The molecule has 0 atom stereocenters. The van der Waals surface area contributed by atoms with E-state index in [-0.39, 0.29) is 0 Å². The van der Waals surface area contributed by atoms with Crippen molar-refractivity contribution >= 4 is 12.2 Å². The molecule has 0 bridgehead atoms. The largest absolute Gasteiger partial charge is 0.231 e. The maximum absolute atomic E-state index is 8.35. The Morgan fingerprint density at radius 1 is 0.571 bits per heavy atom. The van der Waals surface area contributed by atoms with Crippen molar-refractivity contribution in [2.24, 2.45) is 0 Å². The van der Waals surface area contributed by atoms with Crippen LogP contribution in [0.4, 0.5) is 0 Å². The normalized spacial score (nSPS) is 2.29. The highest BCUT2D eigenvalue weighted by Crippen LogP contribution is 0.876. The Morgan fingerprint density at radius 3 is 0.571 bits per heavy atom. The smallest absolute Gasteiger partial charge is 0.222 e. The third-order valence-electron chi connectivity index (χ3n) is 0. The van der Waals surface area contributed by atoms with Gasteiger partial charge in [0.15, 0.2) is 0 Å². The van der Waals surface area contributed by atoms with E-state index in [0.29, 0.717) is 0 Å². The van der Waals surface area contributed by atoms with Crippen LogP contribution in [0.3, 0.4) is 0 Å². The lowest BCUT2D eigenvalue weighted by Crippen LogP contribution is -1.16. The Kier molecular flexibility index (Phi) is 38000. The van der Waals surface area contributed by atoms with Crippen LogP contribution in [0, 0.1) is 10.8 Å². The van der Waals surface area contributed by atoms with Gasteiger partial charge < -0.3 is 0 Å². The molecule has 14 heavy (non-hydrogen) atoms. The van der Waals surface area contributed by atoms with Gasteiger partial charge in [0, 0.05) is 0 Å². The summed E-state index contributed by atoms with van der Waals surface area (Å²) in [5, 5.41) is 10.8. The molecule has 0 fully saturated rings. The fourth-order valence-corrected chi connectivity index (χ4v) is 0. The van der Waals surface area contributed by atoms with Gasteiger partial charge in [-0.1, -0.05) is 0 Å². The van der Waals surface area contributed by atoms with Crippen LogP contribution in [-0.4, -0.2) is 12.2 Å². The molecule has 4 heteroatoms. The third-order valence-corrected chi connectivity index (χ3v) is 0. The number of isocyanates is 2. The zero-order chi connectivity index (χ0) is 13.4. The highest BCUT2D eigenvalue weighted by Gasteiger charge is 1.04. The van der Waals surface area contributed by atoms with E-state index in [1.807, 2.05) is 0 Å². The fraction of sp³-hybridized carbons (Fsp3) is 0. The van der Waals surface area contributed by atoms with E-state index >= 15 is 0 Å². The molecule has 0 radical (unpaired) electrons. The lowest BCUT2D eigenvalue weighted by atomic mass is 11.3. The minimum atomic E-state index is 0.750. The lowest BCUT2D eigenvalue weighted by molar-refractivity contribution is 0.562. The first-order valence-corrected chi connectivity index (χ1v) is 2.91. The van der Waals surface area contributed by atoms with Crippen molar-refractivity contribution in [3.05, 3.63) is 52.6 Å². The van der Waals surface area contributed by atoms with Crippen LogP contribution in [0.25, 0.3) is 0 Å². The highest BCUT2D eigenvalue weighted by atomic mass is 16.1. The minimum Gasteiger partial charge on any atom is -0.222 e. The summed E-state index contributed by atoms with van der Waals surface area (Å²) >= 11 is 0. The third kappa shape index (κ3) is 142. The summed E-state index contributed by atoms with van der Waals surface area (Å²) in [5.74, 6) is 0. The van der Waals surface area contributed by atoms with Crippen LogP contribution in [0.1, 0.15) is 0 Å². The molecule has 0 saturated heterocycles. The molecule has 0 amide bonds. The molecule has 0 aliphatic rings. The summed E-state index contributed by atoms with van der Waals surface area (Å²) in [6.45, 7) is 24.0. The summed E-state index contributed by atoms with van der Waals surface area (Å²) in [5.41, 5.74) is 0. The molecule has 0 unspecified atom stereocenters. The van der Waals surface area contributed by atoms with Crippen LogP contribution >= 0.6 is 0 Å². The van der Waals surface area contributed by atoms with Crippen molar-refractivity contribution in [2.75, 3.05) is 0 Å². The average Bonchev–Trinajstić information content (AvgIpc) is 2.31. The molecule has 0 aromatic rings. The average molecular weight is 198 g/mol. The quantitative estimate of drug-likeness (QED) is 0.356. The van der Waals surface area contributed by atoms with Crippen LogP contribution < -0.4 is 0 Å². The minimum absolute atomic E-state index is 0.750. The van der Waals surface area contributed by atoms with Gasteiger partial charge in [-0.2, -0.15) is 0 Å². The monoisotopic (exact) mass is 198 g/mol. The van der Waals surface area contributed by atoms with Crippen LogP contribution in [0.15, 0.2) is 52.6 Å². The van der Waals surface area contributed by atoms with Gasteiger partial charge in [0.25, 0.3) is 0 Å². The van der Waals surface area contributed by atoms with E-state index in [1.54, 1.807) is 0 Å². The predicted octanol–water partition coefficient (Wildman–Crippen LogP) is 3.01. The number of hydrogen-bond acceptors (Lipinski definition) is 4. The van der Waals surface area contributed by atoms with Crippen LogP contribution in [0.2, 0.25) is 0 Å².